The number of hydrogen-bond donors (Lipinski definition) is 2. The Hall–Kier alpha value is -1.81. The van der Waals surface area contributed by atoms with E-state index in [-0.39, 0.29) is 6.03 Å². The van der Waals surface area contributed by atoms with Crippen LogP contribution in [0.15, 0.2) is 46.9 Å². The standard InChI is InChI=1S/C17H19BrN2O/c1-11(2)13-5-7-14(8-6-13)19-17(21)20-16-9-4-12(3)10-15(16)18/h4-11H,1-3H3,(H2,19,20,21). The van der Waals surface area contributed by atoms with E-state index in [1.165, 1.54) is 5.56 Å². The Kier molecular flexibility index (Phi) is 5.02. The predicted molar refractivity (Wildman–Crippen MR) is 92.1 cm³/mol. The van der Waals surface area contributed by atoms with Crippen LogP contribution in [0.2, 0.25) is 0 Å². The van der Waals surface area contributed by atoms with E-state index in [1.807, 2.05) is 49.4 Å². The number of hydrogen-bond acceptors (Lipinski definition) is 1. The number of urea groups is 1. The molecule has 0 aliphatic rings. The van der Waals surface area contributed by atoms with E-state index >= 15 is 0 Å². The van der Waals surface area contributed by atoms with Gasteiger partial charge in [-0.2, -0.15) is 0 Å². The lowest BCUT2D eigenvalue weighted by molar-refractivity contribution is 0.262. The first-order valence-electron chi connectivity index (χ1n) is 6.90. The second kappa shape index (κ2) is 6.76. The Labute approximate surface area is 133 Å². The van der Waals surface area contributed by atoms with Crippen LogP contribution in [-0.4, -0.2) is 6.03 Å². The fraction of sp³-hybridized carbons (Fsp3) is 0.235. The van der Waals surface area contributed by atoms with Crippen molar-refractivity contribution in [2.45, 2.75) is 26.7 Å². The molecule has 0 heterocycles. The molecule has 2 N–H and O–H groups in total. The van der Waals surface area contributed by atoms with Gasteiger partial charge in [-0.3, -0.25) is 0 Å². The molecule has 3 nitrogen and oxygen atoms in total. The van der Waals surface area contributed by atoms with E-state index in [2.05, 4.69) is 40.4 Å². The first-order valence-corrected chi connectivity index (χ1v) is 7.69. The number of nitrogens with one attached hydrogen (secondary N) is 2. The molecule has 21 heavy (non-hydrogen) atoms. The van der Waals surface area contributed by atoms with Gasteiger partial charge in [-0.05, 0) is 64.2 Å². The van der Waals surface area contributed by atoms with Crippen molar-refractivity contribution in [3.8, 4) is 0 Å². The van der Waals surface area contributed by atoms with Gasteiger partial charge in [0.05, 0.1) is 5.69 Å². The Morgan fingerprint density at radius 3 is 2.29 bits per heavy atom. The average Bonchev–Trinajstić information content (AvgIpc) is 2.42. The Morgan fingerprint density at radius 2 is 1.71 bits per heavy atom. The second-order valence-corrected chi connectivity index (χ2v) is 6.19. The first kappa shape index (κ1) is 15.6. The third-order valence-corrected chi connectivity index (χ3v) is 3.86. The van der Waals surface area contributed by atoms with Crippen LogP contribution in [0.4, 0.5) is 16.2 Å². The van der Waals surface area contributed by atoms with Crippen LogP contribution in [0.1, 0.15) is 30.9 Å². The third kappa shape index (κ3) is 4.33. The van der Waals surface area contributed by atoms with Crippen LogP contribution < -0.4 is 10.6 Å². The van der Waals surface area contributed by atoms with Gasteiger partial charge in [0.1, 0.15) is 0 Å². The lowest BCUT2D eigenvalue weighted by Crippen LogP contribution is -2.19. The van der Waals surface area contributed by atoms with Crippen LogP contribution in [-0.2, 0) is 0 Å². The maximum Gasteiger partial charge on any atom is 0.323 e. The molecular weight excluding hydrogens is 328 g/mol. The van der Waals surface area contributed by atoms with Crippen molar-refractivity contribution in [1.82, 2.24) is 0 Å². The van der Waals surface area contributed by atoms with Gasteiger partial charge in [0.25, 0.3) is 0 Å². The maximum absolute atomic E-state index is 12.0. The number of carbonyl (C=O) groups excluding carboxylic acids is 1. The largest absolute Gasteiger partial charge is 0.323 e. The van der Waals surface area contributed by atoms with Crippen LogP contribution in [0.3, 0.4) is 0 Å². The highest BCUT2D eigenvalue weighted by atomic mass is 79.9. The summed E-state index contributed by atoms with van der Waals surface area (Å²) in [5.74, 6) is 0.483. The summed E-state index contributed by atoms with van der Waals surface area (Å²) in [5, 5.41) is 5.65. The second-order valence-electron chi connectivity index (χ2n) is 5.34. The molecule has 110 valence electrons. The highest BCUT2D eigenvalue weighted by molar-refractivity contribution is 9.10. The summed E-state index contributed by atoms with van der Waals surface area (Å²) in [7, 11) is 0. The van der Waals surface area contributed by atoms with Gasteiger partial charge in [-0.15, -0.1) is 0 Å². The van der Waals surface area contributed by atoms with E-state index in [9.17, 15) is 4.79 Å². The van der Waals surface area contributed by atoms with Crippen LogP contribution >= 0.6 is 15.9 Å². The normalized spacial score (nSPS) is 10.5. The molecule has 0 aliphatic heterocycles. The highest BCUT2D eigenvalue weighted by Gasteiger charge is 2.06. The third-order valence-electron chi connectivity index (χ3n) is 3.21. The topological polar surface area (TPSA) is 41.1 Å². The van der Waals surface area contributed by atoms with Crippen molar-refractivity contribution in [2.75, 3.05) is 10.6 Å². The van der Waals surface area contributed by atoms with Crippen LogP contribution in [0.25, 0.3) is 0 Å². The molecule has 2 aromatic rings. The van der Waals surface area contributed by atoms with Gasteiger partial charge in [0.15, 0.2) is 0 Å². The molecule has 0 aromatic heterocycles. The summed E-state index contributed by atoms with van der Waals surface area (Å²) in [6.07, 6.45) is 0. The van der Waals surface area contributed by atoms with Crippen molar-refractivity contribution < 1.29 is 4.79 Å². The minimum absolute atomic E-state index is 0.253. The maximum atomic E-state index is 12.0. The summed E-state index contributed by atoms with van der Waals surface area (Å²) in [4.78, 5) is 12.0. The highest BCUT2D eigenvalue weighted by Crippen LogP contribution is 2.23. The smallest absolute Gasteiger partial charge is 0.308 e. The quantitative estimate of drug-likeness (QED) is 0.754. The van der Waals surface area contributed by atoms with Gasteiger partial charge < -0.3 is 10.6 Å². The van der Waals surface area contributed by atoms with E-state index < -0.39 is 0 Å². The number of rotatable bonds is 3. The molecular formula is C17H19BrN2O. The van der Waals surface area contributed by atoms with Crippen molar-refractivity contribution in [3.63, 3.8) is 0 Å². The molecule has 0 spiro atoms. The Balaban J connectivity index is 2.01. The summed E-state index contributed by atoms with van der Waals surface area (Å²) < 4.78 is 0.868. The van der Waals surface area contributed by atoms with E-state index in [0.717, 1.165) is 21.4 Å². The summed E-state index contributed by atoms with van der Waals surface area (Å²) >= 11 is 3.44. The summed E-state index contributed by atoms with van der Waals surface area (Å²) in [5.41, 5.74) is 3.91. The molecule has 0 radical (unpaired) electrons. The van der Waals surface area contributed by atoms with Gasteiger partial charge >= 0.3 is 6.03 Å². The minimum atomic E-state index is -0.253. The average molecular weight is 347 g/mol. The molecule has 2 aromatic carbocycles. The van der Waals surface area contributed by atoms with Gasteiger partial charge in [-0.1, -0.05) is 32.0 Å². The van der Waals surface area contributed by atoms with Crippen molar-refractivity contribution in [3.05, 3.63) is 58.1 Å². The number of carbonyl (C=O) groups is 1. The lowest BCUT2D eigenvalue weighted by atomic mass is 10.0. The van der Waals surface area contributed by atoms with E-state index in [1.54, 1.807) is 0 Å². The molecule has 0 saturated heterocycles. The minimum Gasteiger partial charge on any atom is -0.308 e. The zero-order valence-corrected chi connectivity index (χ0v) is 14.0. The van der Waals surface area contributed by atoms with Crippen molar-refractivity contribution in [1.29, 1.82) is 0 Å². The monoisotopic (exact) mass is 346 g/mol. The SMILES string of the molecule is Cc1ccc(NC(=O)Nc2ccc(C(C)C)cc2)c(Br)c1. The van der Waals surface area contributed by atoms with Gasteiger partial charge in [-0.25, -0.2) is 4.79 Å². The number of amides is 2. The van der Waals surface area contributed by atoms with Crippen molar-refractivity contribution in [2.24, 2.45) is 0 Å². The molecule has 0 atom stereocenters. The van der Waals surface area contributed by atoms with Crippen molar-refractivity contribution >= 4 is 33.3 Å². The summed E-state index contributed by atoms with van der Waals surface area (Å²) in [6.45, 7) is 6.29. The fourth-order valence-electron chi connectivity index (χ4n) is 1.96. The Morgan fingerprint density at radius 1 is 1.05 bits per heavy atom. The van der Waals surface area contributed by atoms with E-state index in [0.29, 0.717) is 5.92 Å². The molecule has 0 fully saturated rings. The zero-order valence-electron chi connectivity index (χ0n) is 12.4. The summed E-state index contributed by atoms with van der Waals surface area (Å²) in [6, 6.07) is 13.4. The van der Waals surface area contributed by atoms with Crippen LogP contribution in [0, 0.1) is 6.92 Å². The molecule has 0 bridgehead atoms. The number of halogens is 1. The lowest BCUT2D eigenvalue weighted by Gasteiger charge is -2.11. The molecule has 0 aliphatic carbocycles. The molecule has 2 rings (SSSR count). The van der Waals surface area contributed by atoms with Crippen LogP contribution in [0.5, 0.6) is 0 Å². The first-order chi connectivity index (χ1) is 9.95. The molecule has 0 saturated carbocycles. The number of anilines is 2. The Bertz CT molecular complexity index is 636. The van der Waals surface area contributed by atoms with Gasteiger partial charge in [0.2, 0.25) is 0 Å². The van der Waals surface area contributed by atoms with Gasteiger partial charge in [0, 0.05) is 10.2 Å². The molecule has 2 amide bonds. The predicted octanol–water partition coefficient (Wildman–Crippen LogP) is 5.52. The molecule has 4 heteroatoms. The fourth-order valence-corrected chi connectivity index (χ4v) is 2.55. The number of benzene rings is 2. The number of aryl methyl sites for hydroxylation is 1. The zero-order chi connectivity index (χ0) is 15.4. The molecule has 0 unspecified atom stereocenters. The van der Waals surface area contributed by atoms with E-state index in [4.69, 9.17) is 0 Å².